The molecule has 0 aromatic rings. The molecule has 1 heterocycles. The van der Waals surface area contributed by atoms with Crippen LogP contribution < -0.4 is 5.73 Å². The molecule has 78 valence electrons. The highest BCUT2D eigenvalue weighted by Gasteiger charge is 2.30. The maximum Gasteiger partial charge on any atom is 0.389 e. The summed E-state index contributed by atoms with van der Waals surface area (Å²) in [5, 5.41) is 0.252. The van der Waals surface area contributed by atoms with Crippen molar-refractivity contribution >= 4 is 11.8 Å². The van der Waals surface area contributed by atoms with Gasteiger partial charge >= 0.3 is 6.18 Å². The van der Waals surface area contributed by atoms with Gasteiger partial charge in [0.1, 0.15) is 0 Å². The molecule has 0 saturated carbocycles. The Kier molecular flexibility index (Phi) is 3.91. The molecule has 1 aliphatic rings. The van der Waals surface area contributed by atoms with E-state index in [1.54, 1.807) is 11.8 Å². The van der Waals surface area contributed by atoms with E-state index in [-0.39, 0.29) is 17.7 Å². The lowest BCUT2D eigenvalue weighted by molar-refractivity contribution is -0.136. The molecular formula is C8H14F3NS. The maximum absolute atomic E-state index is 11.8. The second-order valence-corrected chi connectivity index (χ2v) is 4.72. The first-order valence-corrected chi connectivity index (χ1v) is 5.48. The molecule has 1 nitrogen and oxygen atoms in total. The zero-order chi connectivity index (χ0) is 9.90. The minimum atomic E-state index is -4.05. The van der Waals surface area contributed by atoms with Crippen LogP contribution in [0.4, 0.5) is 13.2 Å². The van der Waals surface area contributed by atoms with Gasteiger partial charge in [-0.25, -0.2) is 0 Å². The second-order valence-electron chi connectivity index (χ2n) is 3.37. The van der Waals surface area contributed by atoms with Crippen molar-refractivity contribution in [1.82, 2.24) is 0 Å². The fourth-order valence-electron chi connectivity index (χ4n) is 1.46. The summed E-state index contributed by atoms with van der Waals surface area (Å²) in [5.41, 5.74) is 5.67. The lowest BCUT2D eigenvalue weighted by Gasteiger charge is -2.18. The summed E-state index contributed by atoms with van der Waals surface area (Å²) in [6, 6.07) is -0.283. The predicted molar refractivity (Wildman–Crippen MR) is 48.7 cm³/mol. The summed E-state index contributed by atoms with van der Waals surface area (Å²) in [6.45, 7) is 0. The summed E-state index contributed by atoms with van der Waals surface area (Å²) in [5.74, 6) is 1.05. The molecule has 1 saturated heterocycles. The van der Waals surface area contributed by atoms with Crippen molar-refractivity contribution in [3.63, 3.8) is 0 Å². The van der Waals surface area contributed by atoms with Gasteiger partial charge in [-0.15, -0.1) is 0 Å². The third kappa shape index (κ3) is 4.22. The van der Waals surface area contributed by atoms with Gasteiger partial charge in [0.25, 0.3) is 0 Å². The number of thioether (sulfide) groups is 1. The molecule has 1 fully saturated rings. The summed E-state index contributed by atoms with van der Waals surface area (Å²) < 4.78 is 35.5. The Morgan fingerprint density at radius 2 is 2.15 bits per heavy atom. The smallest absolute Gasteiger partial charge is 0.327 e. The lowest BCUT2D eigenvalue weighted by Crippen LogP contribution is -2.32. The molecule has 0 amide bonds. The van der Waals surface area contributed by atoms with E-state index < -0.39 is 12.6 Å². The lowest BCUT2D eigenvalue weighted by atomic mass is 10.1. The molecule has 5 heteroatoms. The quantitative estimate of drug-likeness (QED) is 0.779. The molecular weight excluding hydrogens is 199 g/mol. The summed E-state index contributed by atoms with van der Waals surface area (Å²) in [4.78, 5) is 0. The molecule has 0 aliphatic carbocycles. The van der Waals surface area contributed by atoms with Gasteiger partial charge in [0.15, 0.2) is 0 Å². The first kappa shape index (κ1) is 11.2. The van der Waals surface area contributed by atoms with Crippen molar-refractivity contribution in [2.24, 2.45) is 5.73 Å². The van der Waals surface area contributed by atoms with Crippen molar-refractivity contribution in [1.29, 1.82) is 0 Å². The Hall–Kier alpha value is 0.100. The molecule has 1 rings (SSSR count). The van der Waals surface area contributed by atoms with Crippen molar-refractivity contribution < 1.29 is 13.2 Å². The summed E-state index contributed by atoms with van der Waals surface area (Å²) >= 11 is 1.71. The van der Waals surface area contributed by atoms with Crippen LogP contribution in [0.1, 0.15) is 25.7 Å². The van der Waals surface area contributed by atoms with Gasteiger partial charge in [-0.2, -0.15) is 24.9 Å². The Balaban J connectivity index is 2.20. The molecule has 1 aliphatic heterocycles. The first-order chi connectivity index (χ1) is 5.99. The average molecular weight is 213 g/mol. The van der Waals surface area contributed by atoms with Crippen LogP contribution in [-0.4, -0.2) is 23.2 Å². The topological polar surface area (TPSA) is 26.0 Å². The number of hydrogen-bond donors (Lipinski definition) is 1. The van der Waals surface area contributed by atoms with Crippen molar-refractivity contribution in [3.05, 3.63) is 0 Å². The number of rotatable bonds is 3. The average Bonchev–Trinajstić information content (AvgIpc) is 2.50. The van der Waals surface area contributed by atoms with Crippen LogP contribution in [0.25, 0.3) is 0 Å². The number of halogens is 3. The maximum atomic E-state index is 11.8. The third-order valence-electron chi connectivity index (χ3n) is 2.20. The van der Waals surface area contributed by atoms with Crippen LogP contribution in [0.3, 0.4) is 0 Å². The fourth-order valence-corrected chi connectivity index (χ4v) is 2.81. The molecule has 0 bridgehead atoms. The van der Waals surface area contributed by atoms with Crippen LogP contribution in [0, 0.1) is 0 Å². The van der Waals surface area contributed by atoms with Gasteiger partial charge in [0.05, 0.1) is 0 Å². The Labute approximate surface area is 80.2 Å². The Bertz CT molecular complexity index is 154. The number of nitrogens with two attached hydrogens (primary N) is 1. The molecule has 0 aromatic heterocycles. The van der Waals surface area contributed by atoms with Gasteiger partial charge in [0, 0.05) is 17.7 Å². The molecule has 0 aromatic carbocycles. The van der Waals surface area contributed by atoms with E-state index in [0.29, 0.717) is 0 Å². The van der Waals surface area contributed by atoms with E-state index in [4.69, 9.17) is 5.73 Å². The predicted octanol–water partition coefficient (Wildman–Crippen LogP) is 2.55. The third-order valence-corrected chi connectivity index (χ3v) is 3.74. The van der Waals surface area contributed by atoms with Crippen LogP contribution in [0.2, 0.25) is 0 Å². The van der Waals surface area contributed by atoms with Crippen molar-refractivity contribution in [2.75, 3.05) is 5.75 Å². The van der Waals surface area contributed by atoms with E-state index in [0.717, 1.165) is 18.6 Å². The van der Waals surface area contributed by atoms with E-state index in [1.165, 1.54) is 0 Å². The summed E-state index contributed by atoms with van der Waals surface area (Å²) in [6.07, 6.45) is -2.66. The second kappa shape index (κ2) is 4.55. The van der Waals surface area contributed by atoms with Gasteiger partial charge in [0.2, 0.25) is 0 Å². The largest absolute Gasteiger partial charge is 0.389 e. The van der Waals surface area contributed by atoms with Crippen molar-refractivity contribution in [3.8, 4) is 0 Å². The highest BCUT2D eigenvalue weighted by molar-refractivity contribution is 8.00. The van der Waals surface area contributed by atoms with Crippen LogP contribution in [-0.2, 0) is 0 Å². The first-order valence-electron chi connectivity index (χ1n) is 4.43. The fraction of sp³-hybridized carbons (Fsp3) is 1.00. The monoisotopic (exact) mass is 213 g/mol. The standard InChI is InChI=1S/C8H14F3NS/c9-8(10,11)4-3-6(12)7-2-1-5-13-7/h6-7H,1-5,12H2. The van der Waals surface area contributed by atoms with E-state index in [2.05, 4.69) is 0 Å². The van der Waals surface area contributed by atoms with Crippen LogP contribution in [0.5, 0.6) is 0 Å². The molecule has 13 heavy (non-hydrogen) atoms. The minimum Gasteiger partial charge on any atom is -0.327 e. The van der Waals surface area contributed by atoms with Gasteiger partial charge in [-0.1, -0.05) is 0 Å². The van der Waals surface area contributed by atoms with E-state index in [1.807, 2.05) is 0 Å². The molecule has 0 radical (unpaired) electrons. The number of hydrogen-bond acceptors (Lipinski definition) is 2. The van der Waals surface area contributed by atoms with E-state index >= 15 is 0 Å². The van der Waals surface area contributed by atoms with Crippen molar-refractivity contribution in [2.45, 2.75) is 43.2 Å². The zero-order valence-corrected chi connectivity index (χ0v) is 8.13. The molecule has 2 atom stereocenters. The number of alkyl halides is 3. The molecule has 2 unspecified atom stereocenters. The highest BCUT2D eigenvalue weighted by atomic mass is 32.2. The Morgan fingerprint density at radius 1 is 1.46 bits per heavy atom. The normalized spacial score (nSPS) is 26.3. The molecule has 2 N–H and O–H groups in total. The minimum absolute atomic E-state index is 0.0706. The van der Waals surface area contributed by atoms with Crippen LogP contribution in [0.15, 0.2) is 0 Å². The zero-order valence-electron chi connectivity index (χ0n) is 7.31. The van der Waals surface area contributed by atoms with Gasteiger partial charge in [-0.05, 0) is 25.0 Å². The van der Waals surface area contributed by atoms with E-state index in [9.17, 15) is 13.2 Å². The van der Waals surface area contributed by atoms with Gasteiger partial charge in [-0.3, -0.25) is 0 Å². The van der Waals surface area contributed by atoms with Gasteiger partial charge < -0.3 is 5.73 Å². The van der Waals surface area contributed by atoms with Crippen LogP contribution >= 0.6 is 11.8 Å². The summed E-state index contributed by atoms with van der Waals surface area (Å²) in [7, 11) is 0. The highest BCUT2D eigenvalue weighted by Crippen LogP contribution is 2.31. The SMILES string of the molecule is NC(CCC(F)(F)F)C1CCCS1. The Morgan fingerprint density at radius 3 is 2.62 bits per heavy atom. The molecule has 0 spiro atoms.